The lowest BCUT2D eigenvalue weighted by Gasteiger charge is -2.24. The number of likely N-dealkylation sites (tertiary alicyclic amines) is 1. The molecule has 3 heterocycles. The van der Waals surface area contributed by atoms with Gasteiger partial charge in [-0.2, -0.15) is 8.75 Å². The second-order valence-electron chi connectivity index (χ2n) is 5.97. The molecular formula is C12H18N4O3S2. The van der Waals surface area contributed by atoms with E-state index in [1.165, 1.54) is 0 Å². The molecule has 1 aromatic heterocycles. The molecule has 1 aromatic rings. The Morgan fingerprint density at radius 3 is 2.62 bits per heavy atom. The van der Waals surface area contributed by atoms with Crippen LogP contribution in [0.25, 0.3) is 0 Å². The molecule has 0 radical (unpaired) electrons. The molecule has 0 spiro atoms. The van der Waals surface area contributed by atoms with Crippen molar-refractivity contribution in [2.45, 2.75) is 18.2 Å². The molecule has 1 amide bonds. The fourth-order valence-electron chi connectivity index (χ4n) is 3.31. The summed E-state index contributed by atoms with van der Waals surface area (Å²) in [4.78, 5) is 16.0. The number of hydrogen-bond donors (Lipinski definition) is 0. The normalized spacial score (nSPS) is 30.9. The van der Waals surface area contributed by atoms with Crippen LogP contribution in [-0.2, 0) is 9.84 Å². The predicted octanol–water partition coefficient (Wildman–Crippen LogP) is -0.354. The Hall–Kier alpha value is -1.06. The number of amides is 1. The molecule has 0 bridgehead atoms. The maximum absolute atomic E-state index is 12.5. The molecule has 3 rings (SSSR count). The molecule has 2 aliphatic rings. The molecule has 0 aliphatic carbocycles. The summed E-state index contributed by atoms with van der Waals surface area (Å²) in [5.74, 6) is -0.0292. The van der Waals surface area contributed by atoms with Crippen molar-refractivity contribution in [2.24, 2.45) is 5.92 Å². The van der Waals surface area contributed by atoms with Crippen molar-refractivity contribution in [1.82, 2.24) is 18.5 Å². The third-order valence-electron chi connectivity index (χ3n) is 4.47. The highest BCUT2D eigenvalue weighted by atomic mass is 32.2. The van der Waals surface area contributed by atoms with Crippen LogP contribution in [0, 0.1) is 12.8 Å². The minimum atomic E-state index is -3.13. The highest BCUT2D eigenvalue weighted by Gasteiger charge is 2.53. The number of nitrogens with zero attached hydrogens (tertiary/aromatic N) is 4. The van der Waals surface area contributed by atoms with Gasteiger partial charge in [0.05, 0.1) is 28.4 Å². The van der Waals surface area contributed by atoms with Crippen LogP contribution < -0.4 is 0 Å². The second-order valence-corrected chi connectivity index (χ2v) is 8.76. The monoisotopic (exact) mass is 330 g/mol. The van der Waals surface area contributed by atoms with E-state index in [2.05, 4.69) is 8.75 Å². The summed E-state index contributed by atoms with van der Waals surface area (Å²) in [6.07, 6.45) is 0. The molecule has 3 atom stereocenters. The maximum atomic E-state index is 12.5. The van der Waals surface area contributed by atoms with Gasteiger partial charge in [-0.15, -0.1) is 0 Å². The molecule has 0 aromatic carbocycles. The quantitative estimate of drug-likeness (QED) is 0.737. The van der Waals surface area contributed by atoms with Gasteiger partial charge in [-0.25, -0.2) is 8.42 Å². The van der Waals surface area contributed by atoms with Gasteiger partial charge in [0.25, 0.3) is 5.91 Å². The predicted molar refractivity (Wildman–Crippen MR) is 79.1 cm³/mol. The largest absolute Gasteiger partial charge is 0.336 e. The van der Waals surface area contributed by atoms with Gasteiger partial charge >= 0.3 is 0 Å². The van der Waals surface area contributed by atoms with Crippen LogP contribution >= 0.6 is 11.7 Å². The fourth-order valence-corrected chi connectivity index (χ4v) is 6.32. The lowest BCUT2D eigenvalue weighted by atomic mass is 10.00. The number of fused-ring (bicyclic) bond motifs is 1. The van der Waals surface area contributed by atoms with Crippen LogP contribution in [0.1, 0.15) is 16.2 Å². The fraction of sp³-hybridized carbons (Fsp3) is 0.750. The van der Waals surface area contributed by atoms with Crippen LogP contribution in [-0.4, -0.2) is 77.1 Å². The molecule has 116 valence electrons. The van der Waals surface area contributed by atoms with Crippen molar-refractivity contribution in [3.8, 4) is 0 Å². The highest BCUT2D eigenvalue weighted by Crippen LogP contribution is 2.36. The Labute approximate surface area is 128 Å². The van der Waals surface area contributed by atoms with Crippen molar-refractivity contribution < 1.29 is 13.2 Å². The number of aromatic nitrogens is 2. The van der Waals surface area contributed by atoms with E-state index >= 15 is 0 Å². The SMILES string of the molecule is Cc1nsnc1C(=O)N1C[C@H]2[C@H](N(C)C)CS(=O)(=O)[C@H]2C1. The number of aryl methyl sites for hydroxylation is 1. The van der Waals surface area contributed by atoms with E-state index in [0.717, 1.165) is 11.7 Å². The van der Waals surface area contributed by atoms with Gasteiger partial charge in [0.1, 0.15) is 0 Å². The van der Waals surface area contributed by atoms with Gasteiger partial charge in [0.15, 0.2) is 15.5 Å². The average molecular weight is 330 g/mol. The molecule has 2 fully saturated rings. The van der Waals surface area contributed by atoms with Crippen molar-refractivity contribution in [2.75, 3.05) is 32.9 Å². The summed E-state index contributed by atoms with van der Waals surface area (Å²) >= 11 is 1.01. The van der Waals surface area contributed by atoms with Gasteiger partial charge in [-0.1, -0.05) is 0 Å². The lowest BCUT2D eigenvalue weighted by molar-refractivity contribution is 0.0774. The number of carbonyl (C=O) groups excluding carboxylic acids is 1. The zero-order valence-electron chi connectivity index (χ0n) is 12.2. The van der Waals surface area contributed by atoms with Crippen molar-refractivity contribution in [1.29, 1.82) is 0 Å². The van der Waals surface area contributed by atoms with E-state index in [4.69, 9.17) is 0 Å². The van der Waals surface area contributed by atoms with Gasteiger partial charge in [0.2, 0.25) is 0 Å². The molecule has 0 N–H and O–H groups in total. The minimum Gasteiger partial charge on any atom is -0.336 e. The summed E-state index contributed by atoms with van der Waals surface area (Å²) in [7, 11) is 0.648. The average Bonchev–Trinajstić information content (AvgIpc) is 3.05. The van der Waals surface area contributed by atoms with E-state index in [1.807, 2.05) is 19.0 Å². The maximum Gasteiger partial charge on any atom is 0.275 e. The Morgan fingerprint density at radius 1 is 1.33 bits per heavy atom. The van der Waals surface area contributed by atoms with Gasteiger partial charge < -0.3 is 9.80 Å². The first-order valence-electron chi connectivity index (χ1n) is 6.77. The topological polar surface area (TPSA) is 83.5 Å². The number of carbonyl (C=O) groups is 1. The third-order valence-corrected chi connectivity index (χ3v) is 7.32. The number of rotatable bonds is 2. The first kappa shape index (κ1) is 14.9. The van der Waals surface area contributed by atoms with E-state index < -0.39 is 15.1 Å². The Morgan fingerprint density at radius 2 is 2.05 bits per heavy atom. The smallest absolute Gasteiger partial charge is 0.275 e. The van der Waals surface area contributed by atoms with E-state index in [0.29, 0.717) is 17.9 Å². The highest BCUT2D eigenvalue weighted by molar-refractivity contribution is 7.92. The zero-order valence-corrected chi connectivity index (χ0v) is 13.8. The molecule has 7 nitrogen and oxygen atoms in total. The first-order chi connectivity index (χ1) is 9.81. The molecular weight excluding hydrogens is 312 g/mol. The van der Waals surface area contributed by atoms with Crippen LogP contribution in [0.5, 0.6) is 0 Å². The Bertz CT molecular complexity index is 670. The summed E-state index contributed by atoms with van der Waals surface area (Å²) in [5.41, 5.74) is 0.952. The Balaban J connectivity index is 1.85. The minimum absolute atomic E-state index is 0.0131. The molecule has 0 saturated carbocycles. The van der Waals surface area contributed by atoms with Crippen molar-refractivity contribution >= 4 is 27.5 Å². The van der Waals surface area contributed by atoms with Crippen molar-refractivity contribution in [3.05, 3.63) is 11.4 Å². The molecule has 2 saturated heterocycles. The van der Waals surface area contributed by atoms with Crippen LogP contribution in [0.3, 0.4) is 0 Å². The van der Waals surface area contributed by atoms with Gasteiger partial charge in [0, 0.05) is 25.0 Å². The Kier molecular flexibility index (Phi) is 3.53. The summed E-state index contributed by atoms with van der Waals surface area (Å²) < 4.78 is 32.6. The number of sulfone groups is 1. The number of hydrogen-bond acceptors (Lipinski definition) is 7. The lowest BCUT2D eigenvalue weighted by Crippen LogP contribution is -2.38. The second kappa shape index (κ2) is 4.99. The molecule has 0 unspecified atom stereocenters. The summed E-state index contributed by atoms with van der Waals surface area (Å²) in [6, 6.07) is -0.0209. The van der Waals surface area contributed by atoms with Crippen molar-refractivity contribution in [3.63, 3.8) is 0 Å². The van der Waals surface area contributed by atoms with Gasteiger partial charge in [-0.05, 0) is 21.0 Å². The summed E-state index contributed by atoms with van der Waals surface area (Å²) in [5, 5.41) is -0.444. The van der Waals surface area contributed by atoms with Gasteiger partial charge in [-0.3, -0.25) is 4.79 Å². The van der Waals surface area contributed by atoms with Crippen LogP contribution in [0.4, 0.5) is 0 Å². The molecule has 21 heavy (non-hydrogen) atoms. The van der Waals surface area contributed by atoms with E-state index in [1.54, 1.807) is 11.8 Å². The zero-order chi connectivity index (χ0) is 15.4. The third kappa shape index (κ3) is 2.36. The van der Waals surface area contributed by atoms with E-state index in [9.17, 15) is 13.2 Å². The molecule has 2 aliphatic heterocycles. The standard InChI is InChI=1S/C12H18N4O3S2/c1-7-11(14-20-13-7)12(17)16-4-8-9(15(2)3)6-21(18,19)10(8)5-16/h8-10H,4-6H2,1-3H3/t8-,9+,10-/m0/s1. The van der Waals surface area contributed by atoms with Crippen LogP contribution in [0.2, 0.25) is 0 Å². The van der Waals surface area contributed by atoms with Crippen LogP contribution in [0.15, 0.2) is 0 Å². The first-order valence-corrected chi connectivity index (χ1v) is 9.22. The van der Waals surface area contributed by atoms with E-state index in [-0.39, 0.29) is 30.2 Å². The summed E-state index contributed by atoms with van der Waals surface area (Å²) in [6.45, 7) is 2.49. The molecule has 9 heteroatoms.